The minimum absolute atomic E-state index is 0.818. The van der Waals surface area contributed by atoms with Crippen LogP contribution in [0.25, 0.3) is 86.8 Å². The van der Waals surface area contributed by atoms with E-state index in [2.05, 4.69) is 133 Å². The van der Waals surface area contributed by atoms with Crippen LogP contribution in [-0.2, 0) is 4.57 Å². The second-order valence-corrected chi connectivity index (χ2v) is 16.8. The first-order chi connectivity index (χ1) is 26.7. The van der Waals surface area contributed by atoms with Crippen LogP contribution in [0, 0.1) is 0 Å². The molecule has 2 nitrogen and oxygen atoms in total. The Bertz CT molecular complexity index is 3250. The molecule has 11 aromatic rings. The van der Waals surface area contributed by atoms with Crippen molar-refractivity contribution >= 4 is 98.6 Å². The molecule has 11 rings (SSSR count). The van der Waals surface area contributed by atoms with Gasteiger partial charge in [0.25, 0.3) is 0 Å². The molecule has 0 saturated heterocycles. The molecule has 0 aliphatic carbocycles. The van der Waals surface area contributed by atoms with E-state index in [1.54, 1.807) is 0 Å². The quantitative estimate of drug-likeness (QED) is 0.104. The van der Waals surface area contributed by atoms with Crippen LogP contribution in [0.2, 0.25) is 0 Å². The SMILES string of the molecule is O=P(c1ccccc1)(c1ccccc1)c1c2ccccc2c(-c2nc3c4ccccc4c4ccccc4c3c3c2ccc2ccccc23)c2ccccc12. The van der Waals surface area contributed by atoms with Crippen LogP contribution in [0.3, 0.4) is 0 Å². The zero-order valence-electron chi connectivity index (χ0n) is 29.3. The van der Waals surface area contributed by atoms with Gasteiger partial charge in [0.05, 0.1) is 11.2 Å². The van der Waals surface area contributed by atoms with Gasteiger partial charge in [-0.25, -0.2) is 4.98 Å². The van der Waals surface area contributed by atoms with Crippen molar-refractivity contribution in [2.24, 2.45) is 0 Å². The third-order valence-corrected chi connectivity index (χ3v) is 14.4. The van der Waals surface area contributed by atoms with Gasteiger partial charge in [-0.3, -0.25) is 0 Å². The lowest BCUT2D eigenvalue weighted by atomic mass is 9.88. The predicted octanol–water partition coefficient (Wildman–Crippen LogP) is 12.5. The lowest BCUT2D eigenvalue weighted by molar-refractivity contribution is 0.593. The van der Waals surface area contributed by atoms with Crippen LogP contribution in [0.15, 0.2) is 194 Å². The predicted molar refractivity (Wildman–Crippen MR) is 232 cm³/mol. The van der Waals surface area contributed by atoms with E-state index in [-0.39, 0.29) is 0 Å². The van der Waals surface area contributed by atoms with Crippen LogP contribution >= 0.6 is 7.14 Å². The molecule has 3 heteroatoms. The Morgan fingerprint density at radius 1 is 0.333 bits per heavy atom. The van der Waals surface area contributed by atoms with Crippen molar-refractivity contribution < 1.29 is 4.57 Å². The number of benzene rings is 10. The maximum Gasteiger partial charge on any atom is 0.172 e. The van der Waals surface area contributed by atoms with E-state index < -0.39 is 7.14 Å². The molecule has 10 aromatic carbocycles. The molecule has 0 aliphatic rings. The van der Waals surface area contributed by atoms with Gasteiger partial charge in [-0.2, -0.15) is 0 Å². The van der Waals surface area contributed by atoms with E-state index in [1.165, 1.54) is 37.7 Å². The van der Waals surface area contributed by atoms with Crippen molar-refractivity contribution in [1.29, 1.82) is 0 Å². The highest BCUT2D eigenvalue weighted by atomic mass is 31.2. The van der Waals surface area contributed by atoms with Gasteiger partial charge < -0.3 is 4.57 Å². The highest BCUT2D eigenvalue weighted by Crippen LogP contribution is 2.51. The molecule has 252 valence electrons. The van der Waals surface area contributed by atoms with E-state index in [4.69, 9.17) is 4.98 Å². The van der Waals surface area contributed by atoms with Crippen molar-refractivity contribution in [2.45, 2.75) is 0 Å². The molecule has 0 unspecified atom stereocenters. The van der Waals surface area contributed by atoms with Crippen molar-refractivity contribution in [3.63, 3.8) is 0 Å². The van der Waals surface area contributed by atoms with Gasteiger partial charge in [-0.05, 0) is 48.5 Å². The molecule has 0 spiro atoms. The minimum atomic E-state index is -3.38. The summed E-state index contributed by atoms with van der Waals surface area (Å²) in [7, 11) is -3.38. The van der Waals surface area contributed by atoms with Crippen molar-refractivity contribution in [1.82, 2.24) is 4.98 Å². The standard InChI is InChI=1S/C51H32NOP/c53-54(34-18-3-1-4-19-34,35-20-5-2-6-21-35)51-43-29-15-12-26-40(43)47(41-27-13-16-30-44(41)51)50-45-32-31-33-17-7-8-22-36(33)46(45)48-39-25-11-9-23-37(39)38-24-10-14-28-42(38)49(48)52-50/h1-32H. The molecule has 0 N–H and O–H groups in total. The van der Waals surface area contributed by atoms with E-state index in [0.717, 1.165) is 65.0 Å². The highest BCUT2D eigenvalue weighted by Gasteiger charge is 2.34. The average Bonchev–Trinajstić information content (AvgIpc) is 3.25. The number of nitrogens with zero attached hydrogens (tertiary/aromatic N) is 1. The van der Waals surface area contributed by atoms with Gasteiger partial charge in [0.15, 0.2) is 7.14 Å². The summed E-state index contributed by atoms with van der Waals surface area (Å²) in [6, 6.07) is 67.7. The summed E-state index contributed by atoms with van der Waals surface area (Å²) < 4.78 is 16.3. The first-order valence-corrected chi connectivity index (χ1v) is 20.1. The maximum atomic E-state index is 16.3. The second kappa shape index (κ2) is 12.0. The lowest BCUT2D eigenvalue weighted by Crippen LogP contribution is -2.26. The van der Waals surface area contributed by atoms with Gasteiger partial charge in [-0.15, -0.1) is 0 Å². The summed E-state index contributed by atoms with van der Waals surface area (Å²) in [6.45, 7) is 0. The molecule has 0 bridgehead atoms. The Kier molecular flexibility index (Phi) is 6.86. The number of hydrogen-bond donors (Lipinski definition) is 0. The van der Waals surface area contributed by atoms with Gasteiger partial charge in [0.1, 0.15) is 0 Å². The molecule has 0 aliphatic heterocycles. The fraction of sp³-hybridized carbons (Fsp3) is 0. The Morgan fingerprint density at radius 2 is 0.778 bits per heavy atom. The topological polar surface area (TPSA) is 30.0 Å². The Morgan fingerprint density at radius 3 is 1.37 bits per heavy atom. The van der Waals surface area contributed by atoms with Crippen LogP contribution in [0.4, 0.5) is 0 Å². The summed E-state index contributed by atoms with van der Waals surface area (Å²) >= 11 is 0. The molecular weight excluding hydrogens is 674 g/mol. The number of pyridine rings is 1. The summed E-state index contributed by atoms with van der Waals surface area (Å²) in [5.74, 6) is 0. The molecule has 54 heavy (non-hydrogen) atoms. The normalized spacial score (nSPS) is 12.1. The minimum Gasteiger partial charge on any atom is -0.309 e. The van der Waals surface area contributed by atoms with Crippen molar-refractivity contribution in [3.8, 4) is 11.3 Å². The van der Waals surface area contributed by atoms with Gasteiger partial charge in [-0.1, -0.05) is 194 Å². The summed E-state index contributed by atoms with van der Waals surface area (Å²) in [5, 5.41) is 17.1. The zero-order valence-corrected chi connectivity index (χ0v) is 30.2. The first-order valence-electron chi connectivity index (χ1n) is 18.4. The molecule has 0 saturated carbocycles. The monoisotopic (exact) mass is 705 g/mol. The summed E-state index contributed by atoms with van der Waals surface area (Å²) in [6.07, 6.45) is 0. The maximum absolute atomic E-state index is 16.3. The van der Waals surface area contributed by atoms with Crippen LogP contribution < -0.4 is 15.9 Å². The zero-order chi connectivity index (χ0) is 35.8. The molecule has 0 amide bonds. The number of fused-ring (bicyclic) bond motifs is 12. The number of hydrogen-bond acceptors (Lipinski definition) is 2. The van der Waals surface area contributed by atoms with Crippen molar-refractivity contribution in [3.05, 3.63) is 194 Å². The average molecular weight is 706 g/mol. The Labute approximate surface area is 312 Å². The first kappa shape index (κ1) is 31.0. The summed E-state index contributed by atoms with van der Waals surface area (Å²) in [5.41, 5.74) is 2.97. The van der Waals surface area contributed by atoms with Crippen LogP contribution in [0.1, 0.15) is 0 Å². The molecule has 1 heterocycles. The lowest BCUT2D eigenvalue weighted by Gasteiger charge is -2.25. The fourth-order valence-electron chi connectivity index (χ4n) is 8.98. The van der Waals surface area contributed by atoms with Crippen molar-refractivity contribution in [2.75, 3.05) is 0 Å². The second-order valence-electron chi connectivity index (χ2n) is 14.1. The molecular formula is C51H32NOP. The van der Waals surface area contributed by atoms with Gasteiger partial charge in [0, 0.05) is 43.0 Å². The molecule has 0 fully saturated rings. The van der Waals surface area contributed by atoms with Gasteiger partial charge >= 0.3 is 0 Å². The van der Waals surface area contributed by atoms with Crippen LogP contribution in [0.5, 0.6) is 0 Å². The molecule has 0 atom stereocenters. The fourth-order valence-corrected chi connectivity index (χ4v) is 12.0. The highest BCUT2D eigenvalue weighted by molar-refractivity contribution is 7.86. The Hall–Kier alpha value is -6.60. The number of rotatable bonds is 4. The van der Waals surface area contributed by atoms with E-state index in [9.17, 15) is 0 Å². The number of aromatic nitrogens is 1. The van der Waals surface area contributed by atoms with E-state index in [0.29, 0.717) is 0 Å². The van der Waals surface area contributed by atoms with Crippen LogP contribution in [-0.4, -0.2) is 4.98 Å². The molecule has 0 radical (unpaired) electrons. The smallest absolute Gasteiger partial charge is 0.172 e. The third kappa shape index (κ3) is 4.35. The van der Waals surface area contributed by atoms with E-state index in [1.807, 2.05) is 60.7 Å². The van der Waals surface area contributed by atoms with Gasteiger partial charge in [0.2, 0.25) is 0 Å². The molecule has 1 aromatic heterocycles. The largest absolute Gasteiger partial charge is 0.309 e. The Balaban J connectivity index is 1.38. The third-order valence-electron chi connectivity index (χ3n) is 11.3. The summed E-state index contributed by atoms with van der Waals surface area (Å²) in [4.78, 5) is 5.80. The van der Waals surface area contributed by atoms with E-state index >= 15 is 4.57 Å².